The summed E-state index contributed by atoms with van der Waals surface area (Å²) >= 11 is 12.8. The second-order valence-corrected chi connectivity index (χ2v) is 8.11. The van der Waals surface area contributed by atoms with Gasteiger partial charge in [0.1, 0.15) is 11.3 Å². The predicted molar refractivity (Wildman–Crippen MR) is 114 cm³/mol. The molecule has 0 aliphatic carbocycles. The van der Waals surface area contributed by atoms with Crippen LogP contribution in [0.1, 0.15) is 26.4 Å². The molecular weight excluding hydrogens is 492 g/mol. The molecule has 0 fully saturated rings. The van der Waals surface area contributed by atoms with Gasteiger partial charge in [-0.2, -0.15) is 13.2 Å². The number of carboxylic acid groups (broad SMARTS) is 1. The maximum atomic E-state index is 13.3. The number of hydrogen-bond donors (Lipinski definition) is 3. The molecule has 3 aromatic rings. The van der Waals surface area contributed by atoms with Gasteiger partial charge < -0.3 is 15.4 Å². The van der Waals surface area contributed by atoms with Crippen LogP contribution in [0.25, 0.3) is 0 Å². The molecule has 1 heterocycles. The number of carbonyl (C=O) groups excluding carboxylic acids is 1. The summed E-state index contributed by atoms with van der Waals surface area (Å²) < 4.78 is 39.8. The van der Waals surface area contributed by atoms with Crippen LogP contribution < -0.4 is 10.9 Å². The van der Waals surface area contributed by atoms with Crippen molar-refractivity contribution < 1.29 is 27.9 Å². The third kappa shape index (κ3) is 5.26. The van der Waals surface area contributed by atoms with Crippen molar-refractivity contribution in [2.24, 2.45) is 0 Å². The Hall–Kier alpha value is -2.95. The molecule has 12 heteroatoms. The Bertz CT molecular complexity index is 1260. The number of rotatable bonds is 5. The minimum atomic E-state index is -4.89. The van der Waals surface area contributed by atoms with Crippen LogP contribution >= 0.6 is 35.0 Å². The van der Waals surface area contributed by atoms with Crippen LogP contribution in [-0.2, 0) is 6.18 Å². The average molecular weight is 503 g/mol. The van der Waals surface area contributed by atoms with E-state index < -0.39 is 34.9 Å². The average Bonchev–Trinajstić information content (AvgIpc) is 2.70. The summed E-state index contributed by atoms with van der Waals surface area (Å²) in [5.41, 5.74) is -3.39. The van der Waals surface area contributed by atoms with Gasteiger partial charge in [0.15, 0.2) is 0 Å². The second-order valence-electron chi connectivity index (χ2n) is 6.24. The number of carboxylic acids is 1. The van der Waals surface area contributed by atoms with Crippen molar-refractivity contribution in [2.75, 3.05) is 5.32 Å². The molecular formula is C20H11Cl2F3N2O4S. The highest BCUT2D eigenvalue weighted by atomic mass is 35.5. The molecule has 3 N–H and O–H groups in total. The SMILES string of the molecule is O=C(O)c1cccc(NC(=O)c2c(Sc3c(Cl)cccc3Cl)cc(C(F)(F)F)[nH]c2=O)c1. The van der Waals surface area contributed by atoms with Gasteiger partial charge in [-0.3, -0.25) is 9.59 Å². The van der Waals surface area contributed by atoms with Crippen LogP contribution in [0.2, 0.25) is 10.0 Å². The van der Waals surface area contributed by atoms with Crippen molar-refractivity contribution in [3.8, 4) is 0 Å². The Morgan fingerprint density at radius 2 is 1.66 bits per heavy atom. The number of H-pyrrole nitrogens is 1. The number of pyridine rings is 1. The van der Waals surface area contributed by atoms with Crippen molar-refractivity contribution in [3.05, 3.63) is 85.8 Å². The quantitative estimate of drug-likeness (QED) is 0.409. The van der Waals surface area contributed by atoms with Gasteiger partial charge >= 0.3 is 12.1 Å². The lowest BCUT2D eigenvalue weighted by Gasteiger charge is -2.14. The Kier molecular flexibility index (Phi) is 6.87. The molecule has 0 bridgehead atoms. The Morgan fingerprint density at radius 1 is 1.03 bits per heavy atom. The summed E-state index contributed by atoms with van der Waals surface area (Å²) in [4.78, 5) is 37.9. The summed E-state index contributed by atoms with van der Waals surface area (Å²) in [5.74, 6) is -2.30. The first kappa shape index (κ1) is 23.7. The lowest BCUT2D eigenvalue weighted by atomic mass is 10.2. The second kappa shape index (κ2) is 9.27. The third-order valence-corrected chi connectivity index (χ3v) is 6.07. The van der Waals surface area contributed by atoms with Gasteiger partial charge in [0.2, 0.25) is 0 Å². The van der Waals surface area contributed by atoms with Crippen LogP contribution in [0.5, 0.6) is 0 Å². The number of aromatic nitrogens is 1. The van der Waals surface area contributed by atoms with E-state index in [4.69, 9.17) is 28.3 Å². The van der Waals surface area contributed by atoms with Gasteiger partial charge in [-0.1, -0.05) is 47.1 Å². The van der Waals surface area contributed by atoms with Gasteiger partial charge in [0.05, 0.1) is 15.6 Å². The van der Waals surface area contributed by atoms with Crippen molar-refractivity contribution in [1.82, 2.24) is 4.98 Å². The van der Waals surface area contributed by atoms with E-state index in [0.29, 0.717) is 17.8 Å². The molecule has 32 heavy (non-hydrogen) atoms. The van der Waals surface area contributed by atoms with Gasteiger partial charge in [-0.25, -0.2) is 4.79 Å². The first-order valence-corrected chi connectivity index (χ1v) is 10.2. The zero-order valence-corrected chi connectivity index (χ0v) is 17.9. The van der Waals surface area contributed by atoms with Gasteiger partial charge in [0, 0.05) is 15.5 Å². The monoisotopic (exact) mass is 502 g/mol. The van der Waals surface area contributed by atoms with Crippen molar-refractivity contribution in [1.29, 1.82) is 0 Å². The Balaban J connectivity index is 2.10. The molecule has 0 spiro atoms. The van der Waals surface area contributed by atoms with Gasteiger partial charge in [-0.05, 0) is 36.4 Å². The van der Waals surface area contributed by atoms with E-state index >= 15 is 0 Å². The summed E-state index contributed by atoms with van der Waals surface area (Å²) in [5, 5.41) is 11.6. The minimum absolute atomic E-state index is 0.0286. The van der Waals surface area contributed by atoms with E-state index in [1.807, 2.05) is 0 Å². The molecule has 1 amide bonds. The largest absolute Gasteiger partial charge is 0.478 e. The highest BCUT2D eigenvalue weighted by molar-refractivity contribution is 7.99. The summed E-state index contributed by atoms with van der Waals surface area (Å²) in [6, 6.07) is 10.2. The fraction of sp³-hybridized carbons (Fsp3) is 0.0500. The molecule has 0 saturated carbocycles. The summed E-state index contributed by atoms with van der Waals surface area (Å²) in [6.07, 6.45) is -4.89. The smallest absolute Gasteiger partial charge is 0.431 e. The predicted octanol–water partition coefficient (Wildman–Crippen LogP) is 5.80. The summed E-state index contributed by atoms with van der Waals surface area (Å²) in [7, 11) is 0. The van der Waals surface area contributed by atoms with Crippen molar-refractivity contribution in [2.45, 2.75) is 16.0 Å². The van der Waals surface area contributed by atoms with E-state index in [2.05, 4.69) is 5.32 Å². The topological polar surface area (TPSA) is 99.3 Å². The van der Waals surface area contributed by atoms with E-state index in [-0.39, 0.29) is 31.1 Å². The number of aromatic amines is 1. The molecule has 0 unspecified atom stereocenters. The molecule has 0 radical (unpaired) electrons. The molecule has 3 rings (SSSR count). The van der Waals surface area contributed by atoms with E-state index in [0.717, 1.165) is 6.07 Å². The van der Waals surface area contributed by atoms with Crippen molar-refractivity contribution >= 4 is 52.5 Å². The molecule has 166 valence electrons. The standard InChI is InChI=1S/C20H11Cl2F3N2O4S/c21-11-5-2-6-12(22)16(11)32-13-8-14(20(23,24)25)27-18(29)15(13)17(28)26-10-4-1-3-9(7-10)19(30)31/h1-8H,(H,26,28)(H,27,29)(H,30,31). The normalized spacial score (nSPS) is 11.3. The number of hydrogen-bond acceptors (Lipinski definition) is 4. The number of anilines is 1. The molecule has 0 saturated heterocycles. The Morgan fingerprint density at radius 3 is 2.25 bits per heavy atom. The molecule has 1 aromatic heterocycles. The lowest BCUT2D eigenvalue weighted by molar-refractivity contribution is -0.141. The number of alkyl halides is 3. The van der Waals surface area contributed by atoms with Crippen molar-refractivity contribution in [3.63, 3.8) is 0 Å². The number of nitrogens with one attached hydrogen (secondary N) is 2. The highest BCUT2D eigenvalue weighted by Crippen LogP contribution is 2.40. The number of benzene rings is 2. The maximum absolute atomic E-state index is 13.3. The molecule has 0 aliphatic rings. The van der Waals surface area contributed by atoms with Crippen LogP contribution in [0, 0.1) is 0 Å². The van der Waals surface area contributed by atoms with E-state index in [1.54, 1.807) is 4.98 Å². The van der Waals surface area contributed by atoms with Crippen LogP contribution in [-0.4, -0.2) is 22.0 Å². The molecule has 2 aromatic carbocycles. The number of aromatic carboxylic acids is 1. The third-order valence-electron chi connectivity index (χ3n) is 4.03. The van der Waals surface area contributed by atoms with E-state index in [1.165, 1.54) is 36.4 Å². The summed E-state index contributed by atoms with van der Waals surface area (Å²) in [6.45, 7) is 0. The minimum Gasteiger partial charge on any atom is -0.478 e. The lowest BCUT2D eigenvalue weighted by Crippen LogP contribution is -2.27. The molecule has 6 nitrogen and oxygen atoms in total. The number of carbonyl (C=O) groups is 2. The van der Waals surface area contributed by atoms with Crippen LogP contribution in [0.15, 0.2) is 63.1 Å². The van der Waals surface area contributed by atoms with Crippen LogP contribution in [0.4, 0.5) is 18.9 Å². The van der Waals surface area contributed by atoms with Crippen LogP contribution in [0.3, 0.4) is 0 Å². The fourth-order valence-corrected chi connectivity index (χ4v) is 4.24. The molecule has 0 atom stereocenters. The molecule has 0 aliphatic heterocycles. The fourth-order valence-electron chi connectivity index (χ4n) is 2.60. The number of amides is 1. The van der Waals surface area contributed by atoms with E-state index in [9.17, 15) is 27.6 Å². The zero-order chi connectivity index (χ0) is 23.6. The highest BCUT2D eigenvalue weighted by Gasteiger charge is 2.34. The zero-order valence-electron chi connectivity index (χ0n) is 15.6. The number of halogens is 5. The maximum Gasteiger partial charge on any atom is 0.431 e. The Labute approximate surface area is 192 Å². The first-order chi connectivity index (χ1) is 15.0. The van der Waals surface area contributed by atoms with Gasteiger partial charge in [0.25, 0.3) is 11.5 Å². The van der Waals surface area contributed by atoms with Gasteiger partial charge in [-0.15, -0.1) is 0 Å². The first-order valence-electron chi connectivity index (χ1n) is 8.58.